The Bertz CT molecular complexity index is 770. The lowest BCUT2D eigenvalue weighted by Crippen LogP contribution is -2.32. The number of nitrogens with zero attached hydrogens (tertiary/aromatic N) is 3. The summed E-state index contributed by atoms with van der Waals surface area (Å²) >= 11 is 5.96. The molecule has 0 bridgehead atoms. The molecule has 2 aromatic carbocycles. The monoisotopic (exact) mass is 330 g/mol. The Balaban J connectivity index is 2.03. The topological polar surface area (TPSA) is 54.0 Å². The van der Waals surface area contributed by atoms with Gasteiger partial charge in [0.25, 0.3) is 0 Å². The fraction of sp³-hybridized carbons (Fsp3) is 0.176. The molecule has 0 saturated heterocycles. The minimum absolute atomic E-state index is 0.0906. The van der Waals surface area contributed by atoms with Gasteiger partial charge in [-0.1, -0.05) is 35.9 Å². The molecule has 4 nitrogen and oxygen atoms in total. The van der Waals surface area contributed by atoms with E-state index in [0.717, 1.165) is 16.8 Å². The number of halogens is 2. The number of rotatable bonds is 2. The van der Waals surface area contributed by atoms with E-state index in [9.17, 15) is 4.39 Å². The van der Waals surface area contributed by atoms with Gasteiger partial charge in [0.2, 0.25) is 5.96 Å². The molecule has 1 atom stereocenters. The molecule has 23 heavy (non-hydrogen) atoms. The van der Waals surface area contributed by atoms with Crippen molar-refractivity contribution in [2.75, 3.05) is 13.6 Å². The zero-order valence-electron chi connectivity index (χ0n) is 12.6. The average Bonchev–Trinajstić information content (AvgIpc) is 3.00. The van der Waals surface area contributed by atoms with Crippen LogP contribution >= 0.6 is 11.6 Å². The molecule has 1 aliphatic heterocycles. The van der Waals surface area contributed by atoms with Crippen molar-refractivity contribution in [2.24, 2.45) is 15.8 Å². The van der Waals surface area contributed by atoms with Crippen LogP contribution in [0.2, 0.25) is 5.02 Å². The normalized spacial score (nSPS) is 18.2. The van der Waals surface area contributed by atoms with Gasteiger partial charge in [0, 0.05) is 18.0 Å². The molecule has 2 N–H and O–H groups in total. The lowest BCUT2D eigenvalue weighted by atomic mass is 9.90. The van der Waals surface area contributed by atoms with E-state index in [1.165, 1.54) is 12.1 Å². The summed E-state index contributed by atoms with van der Waals surface area (Å²) in [5.41, 5.74) is 8.48. The van der Waals surface area contributed by atoms with Gasteiger partial charge in [-0.25, -0.2) is 9.40 Å². The Morgan fingerprint density at radius 1 is 1.30 bits per heavy atom. The van der Waals surface area contributed by atoms with Crippen LogP contribution in [-0.2, 0) is 0 Å². The Morgan fingerprint density at radius 3 is 2.70 bits per heavy atom. The molecule has 0 amide bonds. The third-order valence-electron chi connectivity index (χ3n) is 3.80. The highest BCUT2D eigenvalue weighted by atomic mass is 35.5. The second-order valence-electron chi connectivity index (χ2n) is 5.26. The van der Waals surface area contributed by atoms with Crippen molar-refractivity contribution in [3.63, 3.8) is 0 Å². The average molecular weight is 331 g/mol. The zero-order valence-corrected chi connectivity index (χ0v) is 13.3. The summed E-state index contributed by atoms with van der Waals surface area (Å²) in [5.74, 6) is -0.0314. The second kappa shape index (κ2) is 6.38. The zero-order chi connectivity index (χ0) is 16.4. The third kappa shape index (κ3) is 3.19. The SMILES string of the molecule is CN=C(N)N1CC(c2cccc(F)c2)C(c2ccc(Cl)cc2)=N1. The Morgan fingerprint density at radius 2 is 2.04 bits per heavy atom. The minimum atomic E-state index is -0.270. The molecule has 1 aliphatic rings. The second-order valence-corrected chi connectivity index (χ2v) is 5.70. The predicted molar refractivity (Wildman–Crippen MR) is 91.4 cm³/mol. The van der Waals surface area contributed by atoms with Crippen molar-refractivity contribution >= 4 is 23.3 Å². The maximum absolute atomic E-state index is 13.6. The lowest BCUT2D eigenvalue weighted by molar-refractivity contribution is 0.468. The highest BCUT2D eigenvalue weighted by Gasteiger charge is 2.30. The predicted octanol–water partition coefficient (Wildman–Crippen LogP) is 3.23. The maximum atomic E-state index is 13.6. The summed E-state index contributed by atoms with van der Waals surface area (Å²) < 4.78 is 13.6. The van der Waals surface area contributed by atoms with Gasteiger partial charge in [-0.15, -0.1) is 0 Å². The Hall–Kier alpha value is -2.40. The molecule has 1 unspecified atom stereocenters. The van der Waals surface area contributed by atoms with Crippen LogP contribution in [0.25, 0.3) is 0 Å². The van der Waals surface area contributed by atoms with E-state index in [1.807, 2.05) is 30.3 Å². The first-order valence-corrected chi connectivity index (χ1v) is 7.56. The van der Waals surface area contributed by atoms with Crippen LogP contribution in [0.5, 0.6) is 0 Å². The molecular weight excluding hydrogens is 315 g/mol. The molecule has 2 aromatic rings. The molecule has 0 aliphatic carbocycles. The van der Waals surface area contributed by atoms with Crippen LogP contribution in [0, 0.1) is 5.82 Å². The minimum Gasteiger partial charge on any atom is -0.368 e. The fourth-order valence-electron chi connectivity index (χ4n) is 2.63. The van der Waals surface area contributed by atoms with Crippen molar-refractivity contribution in [1.82, 2.24) is 5.01 Å². The third-order valence-corrected chi connectivity index (χ3v) is 4.05. The maximum Gasteiger partial charge on any atom is 0.211 e. The summed E-state index contributed by atoms with van der Waals surface area (Å²) in [7, 11) is 1.61. The van der Waals surface area contributed by atoms with Crippen LogP contribution in [0.4, 0.5) is 4.39 Å². The summed E-state index contributed by atoms with van der Waals surface area (Å²) in [6.07, 6.45) is 0. The van der Waals surface area contributed by atoms with Gasteiger partial charge >= 0.3 is 0 Å². The number of hydrogen-bond acceptors (Lipinski definition) is 2. The van der Waals surface area contributed by atoms with Gasteiger partial charge in [-0.05, 0) is 35.4 Å². The van der Waals surface area contributed by atoms with Gasteiger partial charge in [0.05, 0.1) is 12.3 Å². The van der Waals surface area contributed by atoms with Crippen molar-refractivity contribution in [2.45, 2.75) is 5.92 Å². The number of nitrogens with two attached hydrogens (primary N) is 1. The summed E-state index contributed by atoms with van der Waals surface area (Å²) in [4.78, 5) is 3.98. The highest BCUT2D eigenvalue weighted by Crippen LogP contribution is 2.29. The fourth-order valence-corrected chi connectivity index (χ4v) is 2.75. The van der Waals surface area contributed by atoms with E-state index >= 15 is 0 Å². The summed E-state index contributed by atoms with van der Waals surface area (Å²) in [6.45, 7) is 0.518. The van der Waals surface area contributed by atoms with Crippen molar-refractivity contribution < 1.29 is 4.39 Å². The summed E-state index contributed by atoms with van der Waals surface area (Å²) in [6, 6.07) is 14.0. The highest BCUT2D eigenvalue weighted by molar-refractivity contribution is 6.30. The first kappa shape index (κ1) is 15.5. The number of benzene rings is 2. The molecule has 0 fully saturated rings. The van der Waals surface area contributed by atoms with Crippen LogP contribution in [-0.4, -0.2) is 30.3 Å². The molecule has 6 heteroatoms. The van der Waals surface area contributed by atoms with E-state index < -0.39 is 0 Å². The molecule has 3 rings (SSSR count). The molecular formula is C17H16ClFN4. The summed E-state index contributed by atoms with van der Waals surface area (Å²) in [5, 5.41) is 6.87. The van der Waals surface area contributed by atoms with E-state index in [0.29, 0.717) is 17.5 Å². The van der Waals surface area contributed by atoms with Gasteiger partial charge in [-0.3, -0.25) is 4.99 Å². The van der Waals surface area contributed by atoms with Crippen LogP contribution in [0.3, 0.4) is 0 Å². The van der Waals surface area contributed by atoms with Crippen LogP contribution in [0.1, 0.15) is 17.0 Å². The first-order chi connectivity index (χ1) is 11.1. The van der Waals surface area contributed by atoms with Gasteiger partial charge < -0.3 is 5.73 Å². The standard InChI is InChI=1S/C17H16ClFN4/c1-21-17(20)23-10-15(12-3-2-4-14(19)9-12)16(22-23)11-5-7-13(18)8-6-11/h2-9,15H,10H2,1H3,(H2,20,21). The Kier molecular flexibility index (Phi) is 4.30. The number of aliphatic imine (C=N–C) groups is 1. The number of guanidine groups is 1. The van der Waals surface area contributed by atoms with E-state index in [4.69, 9.17) is 17.3 Å². The smallest absolute Gasteiger partial charge is 0.211 e. The van der Waals surface area contributed by atoms with E-state index in [-0.39, 0.29) is 11.7 Å². The van der Waals surface area contributed by atoms with E-state index in [1.54, 1.807) is 18.1 Å². The molecule has 0 saturated carbocycles. The van der Waals surface area contributed by atoms with Crippen molar-refractivity contribution in [1.29, 1.82) is 0 Å². The van der Waals surface area contributed by atoms with Gasteiger partial charge in [0.1, 0.15) is 5.82 Å². The molecule has 0 aromatic heterocycles. The lowest BCUT2D eigenvalue weighted by Gasteiger charge is -2.15. The quantitative estimate of drug-likeness (QED) is 0.679. The Labute approximate surface area is 139 Å². The van der Waals surface area contributed by atoms with Gasteiger partial charge in [-0.2, -0.15) is 5.10 Å². The van der Waals surface area contributed by atoms with Crippen LogP contribution < -0.4 is 5.73 Å². The van der Waals surface area contributed by atoms with Crippen molar-refractivity contribution in [3.8, 4) is 0 Å². The molecule has 0 radical (unpaired) electrons. The number of hydrazone groups is 1. The number of hydrogen-bond donors (Lipinski definition) is 1. The van der Waals surface area contributed by atoms with Crippen molar-refractivity contribution in [3.05, 3.63) is 70.5 Å². The molecule has 1 heterocycles. The molecule has 0 spiro atoms. The van der Waals surface area contributed by atoms with Gasteiger partial charge in [0.15, 0.2) is 0 Å². The molecule has 118 valence electrons. The largest absolute Gasteiger partial charge is 0.368 e. The van der Waals surface area contributed by atoms with E-state index in [2.05, 4.69) is 10.1 Å². The first-order valence-electron chi connectivity index (χ1n) is 7.18. The van der Waals surface area contributed by atoms with Crippen LogP contribution in [0.15, 0.2) is 58.6 Å².